The zero-order valence-corrected chi connectivity index (χ0v) is 5.78. The minimum atomic E-state index is 0.359. The van der Waals surface area contributed by atoms with Crippen LogP contribution < -0.4 is 10.7 Å². The van der Waals surface area contributed by atoms with E-state index in [2.05, 4.69) is 22.8 Å². The molecular weight excluding hydrogens is 114 g/mol. The van der Waals surface area contributed by atoms with Gasteiger partial charge >= 0.3 is 0 Å². The van der Waals surface area contributed by atoms with Crippen LogP contribution in [0.25, 0.3) is 0 Å². The van der Waals surface area contributed by atoms with E-state index in [0.29, 0.717) is 5.66 Å². The molecule has 0 bridgehead atoms. The molecule has 0 amide bonds. The van der Waals surface area contributed by atoms with Crippen LogP contribution in [0.15, 0.2) is 0 Å². The molecule has 0 radical (unpaired) electrons. The number of nitrogens with zero attached hydrogens (tertiary/aromatic N) is 1. The number of rotatable bonds is 0. The van der Waals surface area contributed by atoms with Crippen molar-refractivity contribution in [2.45, 2.75) is 18.5 Å². The normalized spacial score (nSPS) is 49.7. The molecule has 2 rings (SSSR count). The van der Waals surface area contributed by atoms with Crippen molar-refractivity contribution in [2.75, 3.05) is 20.1 Å². The van der Waals surface area contributed by atoms with Gasteiger partial charge in [-0.15, -0.1) is 0 Å². The summed E-state index contributed by atoms with van der Waals surface area (Å²) in [4.78, 5) is 0. The lowest BCUT2D eigenvalue weighted by Gasteiger charge is -2.19. The van der Waals surface area contributed by atoms with Gasteiger partial charge in [-0.2, -0.15) is 0 Å². The van der Waals surface area contributed by atoms with Crippen molar-refractivity contribution in [1.82, 2.24) is 15.8 Å². The van der Waals surface area contributed by atoms with Gasteiger partial charge in [0.1, 0.15) is 5.66 Å². The summed E-state index contributed by atoms with van der Waals surface area (Å²) < 4.78 is 0. The Morgan fingerprint density at radius 1 is 1.56 bits per heavy atom. The van der Waals surface area contributed by atoms with Crippen molar-refractivity contribution < 1.29 is 0 Å². The Balaban J connectivity index is 1.97. The molecule has 3 heteroatoms. The van der Waals surface area contributed by atoms with Crippen LogP contribution in [0, 0.1) is 0 Å². The Morgan fingerprint density at radius 3 is 2.67 bits per heavy atom. The average Bonchev–Trinajstić information content (AvgIpc) is 2.44. The third kappa shape index (κ3) is 0.764. The lowest BCUT2D eigenvalue weighted by atomic mass is 10.1. The topological polar surface area (TPSA) is 37.0 Å². The predicted octanol–water partition coefficient (Wildman–Crippen LogP) is -0.484. The molecule has 3 nitrogen and oxygen atoms in total. The summed E-state index contributed by atoms with van der Waals surface area (Å²) in [5.74, 6) is 0. The van der Waals surface area contributed by atoms with Gasteiger partial charge < -0.3 is 5.32 Å². The van der Waals surface area contributed by atoms with Gasteiger partial charge in [0.05, 0.1) is 0 Å². The van der Waals surface area contributed by atoms with E-state index in [1.807, 2.05) is 0 Å². The van der Waals surface area contributed by atoms with Crippen LogP contribution in [0.4, 0.5) is 0 Å². The van der Waals surface area contributed by atoms with Crippen molar-refractivity contribution in [3.63, 3.8) is 0 Å². The maximum Gasteiger partial charge on any atom is 0.109 e. The highest BCUT2D eigenvalue weighted by atomic mass is 15.8. The van der Waals surface area contributed by atoms with Gasteiger partial charge in [0.15, 0.2) is 0 Å². The van der Waals surface area contributed by atoms with Crippen molar-refractivity contribution in [1.29, 1.82) is 0 Å². The van der Waals surface area contributed by atoms with E-state index in [4.69, 9.17) is 0 Å². The van der Waals surface area contributed by atoms with Crippen molar-refractivity contribution in [3.8, 4) is 0 Å². The van der Waals surface area contributed by atoms with Crippen molar-refractivity contribution >= 4 is 0 Å². The van der Waals surface area contributed by atoms with E-state index in [1.54, 1.807) is 0 Å². The van der Waals surface area contributed by atoms with Crippen LogP contribution in [-0.2, 0) is 0 Å². The fraction of sp³-hybridized carbons (Fsp3) is 1.00. The third-order valence-electron chi connectivity index (χ3n) is 2.33. The molecule has 2 unspecified atom stereocenters. The first kappa shape index (κ1) is 5.65. The zero-order chi connectivity index (χ0) is 6.32. The van der Waals surface area contributed by atoms with Gasteiger partial charge in [-0.3, -0.25) is 0 Å². The lowest BCUT2D eigenvalue weighted by Crippen LogP contribution is -2.39. The number of hydrogen-bond donors (Lipinski definition) is 2. The van der Waals surface area contributed by atoms with Gasteiger partial charge in [-0.1, -0.05) is 0 Å². The first-order chi connectivity index (χ1) is 4.33. The molecule has 9 heavy (non-hydrogen) atoms. The molecule has 2 aliphatic rings. The van der Waals surface area contributed by atoms with Crippen LogP contribution in [0.1, 0.15) is 12.8 Å². The van der Waals surface area contributed by atoms with Crippen molar-refractivity contribution in [3.05, 3.63) is 0 Å². The van der Waals surface area contributed by atoms with Crippen LogP contribution in [-0.4, -0.2) is 30.8 Å². The Kier molecular flexibility index (Phi) is 1.06. The van der Waals surface area contributed by atoms with Crippen LogP contribution in [0.5, 0.6) is 0 Å². The molecule has 52 valence electrons. The second kappa shape index (κ2) is 1.68. The van der Waals surface area contributed by atoms with E-state index in [0.717, 1.165) is 6.54 Å². The summed E-state index contributed by atoms with van der Waals surface area (Å²) in [7, 11) is 2.10. The first-order valence-corrected chi connectivity index (χ1v) is 3.56. The highest BCUT2D eigenvalue weighted by Gasteiger charge is 2.49. The first-order valence-electron chi connectivity index (χ1n) is 3.56. The van der Waals surface area contributed by atoms with Gasteiger partial charge in [-0.05, 0) is 19.4 Å². The fourth-order valence-electron chi connectivity index (χ4n) is 1.56. The monoisotopic (exact) mass is 127 g/mol. The molecule has 2 aliphatic heterocycles. The average molecular weight is 127 g/mol. The highest BCUT2D eigenvalue weighted by Crippen LogP contribution is 2.28. The summed E-state index contributed by atoms with van der Waals surface area (Å²) in [6.45, 7) is 2.31. The van der Waals surface area contributed by atoms with Crippen molar-refractivity contribution in [2.24, 2.45) is 0 Å². The smallest absolute Gasteiger partial charge is 0.109 e. The molecule has 0 aromatic carbocycles. The zero-order valence-electron chi connectivity index (χ0n) is 5.78. The summed E-state index contributed by atoms with van der Waals surface area (Å²) in [6, 6.07) is 0. The number of likely N-dealkylation sites (N-methyl/N-ethyl adjacent to an activating group) is 1. The SMILES string of the molecule is CN1NC12CCCNC2. The van der Waals surface area contributed by atoms with Gasteiger partial charge in [-0.25, -0.2) is 10.4 Å². The molecular formula is C6H13N3. The van der Waals surface area contributed by atoms with Crippen LogP contribution in [0.3, 0.4) is 0 Å². The van der Waals surface area contributed by atoms with E-state index < -0.39 is 0 Å². The quantitative estimate of drug-likeness (QED) is 0.431. The molecule has 2 atom stereocenters. The van der Waals surface area contributed by atoms with E-state index in [9.17, 15) is 0 Å². The second-order valence-electron chi connectivity index (χ2n) is 2.98. The third-order valence-corrected chi connectivity index (χ3v) is 2.33. The van der Waals surface area contributed by atoms with Gasteiger partial charge in [0, 0.05) is 13.6 Å². The Bertz CT molecular complexity index is 117. The molecule has 0 aromatic rings. The molecule has 2 heterocycles. The lowest BCUT2D eigenvalue weighted by molar-refractivity contribution is 0.355. The number of hydrazine groups is 1. The number of hydrogen-bond acceptors (Lipinski definition) is 3. The van der Waals surface area contributed by atoms with Crippen LogP contribution in [0.2, 0.25) is 0 Å². The predicted molar refractivity (Wildman–Crippen MR) is 35.7 cm³/mol. The van der Waals surface area contributed by atoms with E-state index in [-0.39, 0.29) is 0 Å². The highest BCUT2D eigenvalue weighted by molar-refractivity contribution is 4.99. The summed E-state index contributed by atoms with van der Waals surface area (Å²) in [5.41, 5.74) is 3.68. The van der Waals surface area contributed by atoms with E-state index in [1.165, 1.54) is 19.4 Å². The van der Waals surface area contributed by atoms with E-state index >= 15 is 0 Å². The summed E-state index contributed by atoms with van der Waals surface area (Å²) >= 11 is 0. The number of piperidine rings is 1. The molecule has 1 spiro atoms. The fourth-order valence-corrected chi connectivity index (χ4v) is 1.56. The largest absolute Gasteiger partial charge is 0.313 e. The minimum absolute atomic E-state index is 0.359. The Hall–Kier alpha value is -0.120. The maximum absolute atomic E-state index is 3.36. The number of nitrogens with one attached hydrogen (secondary N) is 2. The molecule has 0 aliphatic carbocycles. The maximum atomic E-state index is 3.36. The summed E-state index contributed by atoms with van der Waals surface area (Å²) in [6.07, 6.45) is 2.60. The Morgan fingerprint density at radius 2 is 2.33 bits per heavy atom. The van der Waals surface area contributed by atoms with Crippen LogP contribution >= 0.6 is 0 Å². The molecule has 2 saturated heterocycles. The van der Waals surface area contributed by atoms with Gasteiger partial charge in [0.25, 0.3) is 0 Å². The second-order valence-corrected chi connectivity index (χ2v) is 2.98. The standard InChI is InChI=1S/C6H13N3/c1-9-6(8-9)3-2-4-7-5-6/h7-8H,2-5H2,1H3. The molecule has 0 saturated carbocycles. The summed E-state index contributed by atoms with van der Waals surface area (Å²) in [5, 5.41) is 5.56. The minimum Gasteiger partial charge on any atom is -0.313 e. The Labute approximate surface area is 55.4 Å². The van der Waals surface area contributed by atoms with Gasteiger partial charge in [0.2, 0.25) is 0 Å². The molecule has 0 aromatic heterocycles. The molecule has 2 N–H and O–H groups in total. The molecule has 2 fully saturated rings.